The topological polar surface area (TPSA) is 46.2 Å². The third kappa shape index (κ3) is 12.7. The van der Waals surface area contributed by atoms with Gasteiger partial charge in [0.15, 0.2) is 0 Å². The highest BCUT2D eigenvalue weighted by Gasteiger charge is 2.52. The zero-order valence-corrected chi connectivity index (χ0v) is 22.2. The van der Waals surface area contributed by atoms with Crippen molar-refractivity contribution >= 4 is 8.80 Å². The Morgan fingerprint density at radius 2 is 1.13 bits per heavy atom. The van der Waals surface area contributed by atoms with Crippen LogP contribution in [0.25, 0.3) is 0 Å². The average molecular weight is 461 g/mol. The van der Waals surface area contributed by atoms with Crippen molar-refractivity contribution in [2.75, 3.05) is 27.9 Å². The highest BCUT2D eigenvalue weighted by atomic mass is 28.4. The lowest BCUT2D eigenvalue weighted by Gasteiger charge is -2.42. The Hall–Kier alpha value is 0.0169. The van der Waals surface area contributed by atoms with Gasteiger partial charge in [-0.15, -0.1) is 0 Å². The van der Waals surface area contributed by atoms with Crippen LogP contribution < -0.4 is 0 Å². The summed E-state index contributed by atoms with van der Waals surface area (Å²) in [6.07, 6.45) is 23.6. The first kappa shape index (κ1) is 29.0. The normalized spacial score (nSPS) is 20.9. The SMILES string of the molecule is CCCCCCCCCCCCCCCCCCO[Si]1(OC)CCCC(OC)(OC)O1. The van der Waals surface area contributed by atoms with Crippen LogP contribution in [0.1, 0.15) is 122 Å². The molecule has 1 heterocycles. The van der Waals surface area contributed by atoms with Gasteiger partial charge in [0, 0.05) is 40.4 Å². The molecule has 31 heavy (non-hydrogen) atoms. The molecule has 5 nitrogen and oxygen atoms in total. The first-order valence-corrected chi connectivity index (χ1v) is 15.1. The highest BCUT2D eigenvalue weighted by molar-refractivity contribution is 6.60. The van der Waals surface area contributed by atoms with Crippen LogP contribution in [0.3, 0.4) is 0 Å². The van der Waals surface area contributed by atoms with Crippen molar-refractivity contribution in [3.8, 4) is 0 Å². The van der Waals surface area contributed by atoms with Crippen LogP contribution in [-0.4, -0.2) is 42.7 Å². The standard InChI is InChI=1S/C25H52O5Si/c1-5-6-7-8-9-10-11-12-13-14-15-16-17-18-19-20-23-29-31(28-4)24-21-22-25(26-2,27-3)30-31/h5-24H2,1-4H3. The summed E-state index contributed by atoms with van der Waals surface area (Å²) >= 11 is 0. The van der Waals surface area contributed by atoms with Crippen LogP contribution in [0.15, 0.2) is 0 Å². The minimum Gasteiger partial charge on any atom is -0.377 e. The Balaban J connectivity index is 1.93. The number of methoxy groups -OCH3 is 2. The summed E-state index contributed by atoms with van der Waals surface area (Å²) in [7, 11) is 2.21. The van der Waals surface area contributed by atoms with E-state index >= 15 is 0 Å². The molecule has 0 bridgehead atoms. The zero-order chi connectivity index (χ0) is 22.7. The van der Waals surface area contributed by atoms with Crippen LogP contribution in [-0.2, 0) is 22.8 Å². The lowest BCUT2D eigenvalue weighted by Crippen LogP contribution is -2.57. The van der Waals surface area contributed by atoms with E-state index in [2.05, 4.69) is 6.92 Å². The summed E-state index contributed by atoms with van der Waals surface area (Å²) in [5, 5.41) is 0. The van der Waals surface area contributed by atoms with E-state index in [-0.39, 0.29) is 0 Å². The number of hydrogen-bond acceptors (Lipinski definition) is 5. The highest BCUT2D eigenvalue weighted by Crippen LogP contribution is 2.35. The molecule has 6 heteroatoms. The molecule has 0 aromatic rings. The third-order valence-electron chi connectivity index (χ3n) is 6.53. The number of unbranched alkanes of at least 4 members (excludes halogenated alkanes) is 15. The van der Waals surface area contributed by atoms with E-state index in [1.165, 1.54) is 96.3 Å². The van der Waals surface area contributed by atoms with Crippen LogP contribution in [0.2, 0.25) is 6.04 Å². The molecule has 0 aliphatic carbocycles. The maximum Gasteiger partial charge on any atom is 0.504 e. The molecule has 0 aromatic carbocycles. The Labute approximate surface area is 194 Å². The van der Waals surface area contributed by atoms with Crippen molar-refractivity contribution in [2.45, 2.75) is 135 Å². The van der Waals surface area contributed by atoms with Crippen LogP contribution >= 0.6 is 0 Å². The van der Waals surface area contributed by atoms with Crippen molar-refractivity contribution in [2.24, 2.45) is 0 Å². The van der Waals surface area contributed by atoms with E-state index in [0.717, 1.165) is 18.9 Å². The molecule has 1 fully saturated rings. The molecule has 0 saturated carbocycles. The zero-order valence-electron chi connectivity index (χ0n) is 21.2. The lowest BCUT2D eigenvalue weighted by molar-refractivity contribution is -0.347. The number of rotatable bonds is 21. The Morgan fingerprint density at radius 1 is 0.677 bits per heavy atom. The first-order chi connectivity index (χ1) is 15.2. The van der Waals surface area contributed by atoms with Crippen molar-refractivity contribution in [1.82, 2.24) is 0 Å². The maximum absolute atomic E-state index is 6.13. The molecule has 0 amide bonds. The van der Waals surface area contributed by atoms with Gasteiger partial charge in [-0.2, -0.15) is 0 Å². The van der Waals surface area contributed by atoms with E-state index in [9.17, 15) is 0 Å². The second-order valence-electron chi connectivity index (χ2n) is 9.09. The summed E-state index contributed by atoms with van der Waals surface area (Å²) < 4.78 is 28.8. The maximum atomic E-state index is 6.13. The van der Waals surface area contributed by atoms with Crippen molar-refractivity contribution < 1.29 is 22.8 Å². The van der Waals surface area contributed by atoms with E-state index in [1.54, 1.807) is 21.3 Å². The predicted molar refractivity (Wildman–Crippen MR) is 130 cm³/mol. The van der Waals surface area contributed by atoms with Gasteiger partial charge in [-0.1, -0.05) is 103 Å². The van der Waals surface area contributed by atoms with Gasteiger partial charge in [-0.3, -0.25) is 0 Å². The van der Waals surface area contributed by atoms with Crippen molar-refractivity contribution in [3.63, 3.8) is 0 Å². The largest absolute Gasteiger partial charge is 0.504 e. The molecule has 0 aromatic heterocycles. The van der Waals surface area contributed by atoms with Gasteiger partial charge >= 0.3 is 8.80 Å². The summed E-state index contributed by atoms with van der Waals surface area (Å²) in [5.74, 6) is -1.00. The average Bonchev–Trinajstić information content (AvgIpc) is 2.81. The first-order valence-electron chi connectivity index (χ1n) is 13.2. The molecular weight excluding hydrogens is 408 g/mol. The molecule has 0 N–H and O–H groups in total. The van der Waals surface area contributed by atoms with Gasteiger partial charge in [-0.05, 0) is 12.8 Å². The van der Waals surface area contributed by atoms with Gasteiger partial charge < -0.3 is 22.8 Å². The molecule has 1 aliphatic heterocycles. The molecule has 1 aliphatic rings. The third-order valence-corrected chi connectivity index (χ3v) is 9.38. The number of ether oxygens (including phenoxy) is 2. The molecule has 1 unspecified atom stereocenters. The van der Waals surface area contributed by atoms with E-state index in [4.69, 9.17) is 22.8 Å². The number of hydrogen-bond donors (Lipinski definition) is 0. The Bertz CT molecular complexity index is 405. The Kier molecular flexibility index (Phi) is 17.3. The minimum absolute atomic E-state index is 0.696. The molecule has 1 rings (SSSR count). The molecule has 1 atom stereocenters. The second-order valence-corrected chi connectivity index (χ2v) is 11.9. The summed E-state index contributed by atoms with van der Waals surface area (Å²) in [6.45, 7) is 2.98. The molecule has 0 radical (unpaired) electrons. The summed E-state index contributed by atoms with van der Waals surface area (Å²) in [4.78, 5) is 0. The van der Waals surface area contributed by atoms with Crippen LogP contribution in [0, 0.1) is 0 Å². The quantitative estimate of drug-likeness (QED) is 0.100. The van der Waals surface area contributed by atoms with Gasteiger partial charge in [0.25, 0.3) is 5.97 Å². The second kappa shape index (κ2) is 18.4. The summed E-state index contributed by atoms with van der Waals surface area (Å²) in [5.41, 5.74) is 0. The van der Waals surface area contributed by atoms with Gasteiger partial charge in [0.1, 0.15) is 0 Å². The molecule has 0 spiro atoms. The van der Waals surface area contributed by atoms with Crippen LogP contribution in [0.4, 0.5) is 0 Å². The van der Waals surface area contributed by atoms with Gasteiger partial charge in [-0.25, -0.2) is 0 Å². The summed E-state index contributed by atoms with van der Waals surface area (Å²) in [6, 6.07) is 0.830. The Morgan fingerprint density at radius 3 is 1.55 bits per heavy atom. The predicted octanol–water partition coefficient (Wildman–Crippen LogP) is 7.61. The van der Waals surface area contributed by atoms with E-state index in [0.29, 0.717) is 13.0 Å². The molecule has 1 saturated heterocycles. The van der Waals surface area contributed by atoms with Crippen LogP contribution in [0.5, 0.6) is 0 Å². The van der Waals surface area contributed by atoms with Crippen molar-refractivity contribution in [3.05, 3.63) is 0 Å². The van der Waals surface area contributed by atoms with Gasteiger partial charge in [0.05, 0.1) is 0 Å². The van der Waals surface area contributed by atoms with Gasteiger partial charge in [0.2, 0.25) is 0 Å². The smallest absolute Gasteiger partial charge is 0.377 e. The van der Waals surface area contributed by atoms with E-state index in [1.807, 2.05) is 0 Å². The molecular formula is C25H52O5Si. The monoisotopic (exact) mass is 460 g/mol. The fourth-order valence-electron chi connectivity index (χ4n) is 4.41. The van der Waals surface area contributed by atoms with Crippen molar-refractivity contribution in [1.29, 1.82) is 0 Å². The van der Waals surface area contributed by atoms with E-state index < -0.39 is 14.8 Å². The molecule has 186 valence electrons. The lowest BCUT2D eigenvalue weighted by atomic mass is 10.0. The minimum atomic E-state index is -2.69. The fraction of sp³-hybridized carbons (Fsp3) is 1.00. The fourth-order valence-corrected chi connectivity index (χ4v) is 6.93.